The largest absolute Gasteiger partial charge is 0.481 e. The van der Waals surface area contributed by atoms with E-state index in [9.17, 15) is 9.59 Å². The van der Waals surface area contributed by atoms with E-state index in [1.165, 1.54) is 11.8 Å². The summed E-state index contributed by atoms with van der Waals surface area (Å²) in [5.41, 5.74) is 3.51. The molecule has 0 bridgehead atoms. The minimum atomic E-state index is -1.00. The van der Waals surface area contributed by atoms with Crippen LogP contribution in [0.1, 0.15) is 39.2 Å². The molecular weight excluding hydrogens is 294 g/mol. The second-order valence-corrected chi connectivity index (χ2v) is 5.89. The van der Waals surface area contributed by atoms with Crippen molar-refractivity contribution in [3.8, 4) is 0 Å². The lowest BCUT2D eigenvalue weighted by Gasteiger charge is -2.21. The van der Waals surface area contributed by atoms with Gasteiger partial charge >= 0.3 is 5.97 Å². The van der Waals surface area contributed by atoms with Gasteiger partial charge in [-0.1, -0.05) is 24.3 Å². The molecule has 5 heteroatoms. The molecule has 1 aromatic carbocycles. The number of fused-ring (bicyclic) bond motifs is 1. The topological polar surface area (TPSA) is 70.7 Å². The van der Waals surface area contributed by atoms with Crippen molar-refractivity contribution in [3.05, 3.63) is 58.5 Å². The zero-order valence-corrected chi connectivity index (χ0v) is 13.0. The quantitative estimate of drug-likeness (QED) is 0.946. The monoisotopic (exact) mass is 313 g/mol. The van der Waals surface area contributed by atoms with Gasteiger partial charge in [-0.15, -0.1) is 0 Å². The maximum absolute atomic E-state index is 12.9. The lowest BCUT2D eigenvalue weighted by atomic mass is 10.0. The molecule has 0 atom stereocenters. The molecule has 1 aliphatic rings. The first kappa shape index (κ1) is 15.3. The number of carbonyl (C=O) groups is 2. The lowest BCUT2D eigenvalue weighted by molar-refractivity contribution is -0.136. The van der Waals surface area contributed by atoms with Gasteiger partial charge in [0.1, 0.15) is 12.2 Å². The number of carboxylic acids is 1. The van der Waals surface area contributed by atoms with E-state index in [1.54, 1.807) is 11.8 Å². The molecule has 0 fully saturated rings. The van der Waals surface area contributed by atoms with Crippen molar-refractivity contribution in [2.24, 2.45) is 0 Å². The molecule has 0 saturated heterocycles. The van der Waals surface area contributed by atoms with Crippen molar-refractivity contribution in [2.75, 3.05) is 6.54 Å². The fourth-order valence-corrected chi connectivity index (χ4v) is 3.08. The Morgan fingerprint density at radius 1 is 1.26 bits per heavy atom. The maximum atomic E-state index is 12.9. The molecule has 1 aliphatic heterocycles. The summed E-state index contributed by atoms with van der Waals surface area (Å²) in [6.45, 7) is 2.98. The van der Waals surface area contributed by atoms with Gasteiger partial charge in [0.05, 0.1) is 11.8 Å². The average Bonchev–Trinajstić information content (AvgIpc) is 2.74. The third kappa shape index (κ3) is 3.13. The highest BCUT2D eigenvalue weighted by Gasteiger charge is 2.26. The molecular formula is C18H19NO4. The molecule has 0 aliphatic carbocycles. The van der Waals surface area contributed by atoms with E-state index in [2.05, 4.69) is 6.07 Å². The second kappa shape index (κ2) is 6.28. The van der Waals surface area contributed by atoms with Gasteiger partial charge in [-0.05, 0) is 30.9 Å². The molecule has 23 heavy (non-hydrogen) atoms. The van der Waals surface area contributed by atoms with Crippen LogP contribution in [0.15, 0.2) is 34.9 Å². The zero-order chi connectivity index (χ0) is 16.4. The van der Waals surface area contributed by atoms with Gasteiger partial charge in [0.15, 0.2) is 0 Å². The predicted molar refractivity (Wildman–Crippen MR) is 84.3 cm³/mol. The Morgan fingerprint density at radius 2 is 2.00 bits per heavy atom. The van der Waals surface area contributed by atoms with Gasteiger partial charge in [0.25, 0.3) is 5.91 Å². The Balaban J connectivity index is 1.89. The fraction of sp³-hybridized carbons (Fsp3) is 0.333. The van der Waals surface area contributed by atoms with E-state index in [0.717, 1.165) is 18.4 Å². The highest BCUT2D eigenvalue weighted by Crippen LogP contribution is 2.24. The summed E-state index contributed by atoms with van der Waals surface area (Å²) >= 11 is 0. The minimum Gasteiger partial charge on any atom is -0.481 e. The number of rotatable bonds is 3. The van der Waals surface area contributed by atoms with Crippen molar-refractivity contribution in [2.45, 2.75) is 32.7 Å². The number of hydrogen-bond acceptors (Lipinski definition) is 3. The van der Waals surface area contributed by atoms with Crippen LogP contribution in [0.3, 0.4) is 0 Å². The minimum absolute atomic E-state index is 0.149. The molecule has 0 saturated carbocycles. The Hall–Kier alpha value is -2.56. The first-order chi connectivity index (χ1) is 11.1. The molecule has 3 rings (SSSR count). The summed E-state index contributed by atoms with van der Waals surface area (Å²) in [5, 5.41) is 8.98. The first-order valence-electron chi connectivity index (χ1n) is 7.71. The molecule has 0 radical (unpaired) electrons. The second-order valence-electron chi connectivity index (χ2n) is 5.89. The highest BCUT2D eigenvalue weighted by molar-refractivity contribution is 5.97. The van der Waals surface area contributed by atoms with E-state index in [4.69, 9.17) is 9.52 Å². The van der Waals surface area contributed by atoms with Crippen LogP contribution in [0.5, 0.6) is 0 Å². The first-order valence-corrected chi connectivity index (χ1v) is 7.71. The fourth-order valence-electron chi connectivity index (χ4n) is 3.08. The highest BCUT2D eigenvalue weighted by atomic mass is 16.4. The molecule has 0 spiro atoms. The number of aliphatic carboxylic acids is 1. The molecule has 0 unspecified atom stereocenters. The maximum Gasteiger partial charge on any atom is 0.311 e. The SMILES string of the molecule is Cc1coc(CC(=O)O)c1C(=O)N1CCCc2ccccc2C1. The summed E-state index contributed by atoms with van der Waals surface area (Å²) in [6, 6.07) is 8.14. The number of furan rings is 1. The molecule has 2 aromatic rings. The van der Waals surface area contributed by atoms with E-state index in [1.807, 2.05) is 18.2 Å². The summed E-state index contributed by atoms with van der Waals surface area (Å²) in [7, 11) is 0. The van der Waals surface area contributed by atoms with Crippen molar-refractivity contribution in [1.82, 2.24) is 4.90 Å². The van der Waals surface area contributed by atoms with Crippen LogP contribution in [0.25, 0.3) is 0 Å². The van der Waals surface area contributed by atoms with Crippen LogP contribution >= 0.6 is 0 Å². The van der Waals surface area contributed by atoms with E-state index in [0.29, 0.717) is 24.2 Å². The number of nitrogens with zero attached hydrogens (tertiary/aromatic N) is 1. The average molecular weight is 313 g/mol. The summed E-state index contributed by atoms with van der Waals surface area (Å²) in [5.74, 6) is -0.920. The van der Waals surface area contributed by atoms with Crippen molar-refractivity contribution >= 4 is 11.9 Å². The van der Waals surface area contributed by atoms with Gasteiger partial charge in [-0.2, -0.15) is 0 Å². The molecule has 1 N–H and O–H groups in total. The third-order valence-corrected chi connectivity index (χ3v) is 4.22. The normalized spacial score (nSPS) is 14.2. The van der Waals surface area contributed by atoms with E-state index in [-0.39, 0.29) is 18.1 Å². The van der Waals surface area contributed by atoms with Crippen LogP contribution in [-0.2, 0) is 24.2 Å². The van der Waals surface area contributed by atoms with Crippen molar-refractivity contribution in [3.63, 3.8) is 0 Å². The summed E-state index contributed by atoms with van der Waals surface area (Å²) in [4.78, 5) is 25.7. The van der Waals surface area contributed by atoms with E-state index < -0.39 is 5.97 Å². The lowest BCUT2D eigenvalue weighted by Crippen LogP contribution is -2.31. The Kier molecular flexibility index (Phi) is 4.19. The Labute approximate surface area is 134 Å². The predicted octanol–water partition coefficient (Wildman–Crippen LogP) is 2.80. The molecule has 2 heterocycles. The van der Waals surface area contributed by atoms with Gasteiger partial charge < -0.3 is 14.4 Å². The number of hydrogen-bond donors (Lipinski definition) is 1. The molecule has 5 nitrogen and oxygen atoms in total. The number of aryl methyl sites for hydroxylation is 2. The van der Waals surface area contributed by atoms with Crippen molar-refractivity contribution < 1.29 is 19.1 Å². The van der Waals surface area contributed by atoms with E-state index >= 15 is 0 Å². The standard InChI is InChI=1S/C18H19NO4/c1-12-11-23-15(9-16(20)21)17(12)18(22)19-8-4-7-13-5-2-3-6-14(13)10-19/h2-3,5-6,11H,4,7-10H2,1H3,(H,20,21). The summed E-state index contributed by atoms with van der Waals surface area (Å²) in [6.07, 6.45) is 3.02. The molecule has 1 amide bonds. The van der Waals surface area contributed by atoms with Gasteiger partial charge in [-0.25, -0.2) is 0 Å². The van der Waals surface area contributed by atoms with Crippen LogP contribution in [-0.4, -0.2) is 28.4 Å². The number of carboxylic acid groups (broad SMARTS) is 1. The van der Waals surface area contributed by atoms with Gasteiger partial charge in [0.2, 0.25) is 0 Å². The van der Waals surface area contributed by atoms with Crippen LogP contribution in [0.2, 0.25) is 0 Å². The van der Waals surface area contributed by atoms with Crippen LogP contribution in [0, 0.1) is 6.92 Å². The summed E-state index contributed by atoms with van der Waals surface area (Å²) < 4.78 is 5.29. The Morgan fingerprint density at radius 3 is 2.74 bits per heavy atom. The zero-order valence-electron chi connectivity index (χ0n) is 13.0. The smallest absolute Gasteiger partial charge is 0.311 e. The molecule has 120 valence electrons. The number of benzene rings is 1. The van der Waals surface area contributed by atoms with Crippen LogP contribution < -0.4 is 0 Å². The van der Waals surface area contributed by atoms with Crippen molar-refractivity contribution in [1.29, 1.82) is 0 Å². The Bertz CT molecular complexity index is 747. The molecule has 1 aromatic heterocycles. The van der Waals surface area contributed by atoms with Gasteiger partial charge in [0, 0.05) is 18.7 Å². The number of amides is 1. The third-order valence-electron chi connectivity index (χ3n) is 4.22. The number of carbonyl (C=O) groups excluding carboxylic acids is 1. The van der Waals surface area contributed by atoms with Gasteiger partial charge in [-0.3, -0.25) is 9.59 Å². The van der Waals surface area contributed by atoms with Crippen LogP contribution in [0.4, 0.5) is 0 Å².